The van der Waals surface area contributed by atoms with Crippen LogP contribution in [0, 0.1) is 6.92 Å². The lowest BCUT2D eigenvalue weighted by molar-refractivity contribution is -0.122. The molecular weight excluding hydrogens is 418 g/mol. The molecule has 0 radical (unpaired) electrons. The Balaban J connectivity index is 1.45. The number of nitrogens with one attached hydrogen (secondary N) is 1. The molecule has 2 heterocycles. The monoisotopic (exact) mass is 443 g/mol. The van der Waals surface area contributed by atoms with Gasteiger partial charge in [-0.2, -0.15) is 5.10 Å². The molecule has 0 aliphatic rings. The molecule has 168 valence electrons. The zero-order valence-corrected chi connectivity index (χ0v) is 18.7. The molecule has 4 rings (SSSR count). The van der Waals surface area contributed by atoms with Crippen LogP contribution < -0.4 is 10.2 Å². The molecule has 0 bridgehead atoms. The molecule has 8 heteroatoms. The molecule has 0 fully saturated rings. The minimum atomic E-state index is -0.624. The fraction of sp³-hybridized carbons (Fsp3) is 0.200. The van der Waals surface area contributed by atoms with Crippen LogP contribution in [0.1, 0.15) is 29.9 Å². The first-order valence-corrected chi connectivity index (χ1v) is 10.7. The van der Waals surface area contributed by atoms with Gasteiger partial charge in [0.2, 0.25) is 0 Å². The number of ether oxygens (including phenoxy) is 1. The van der Waals surface area contributed by atoms with E-state index < -0.39 is 5.97 Å². The number of anilines is 3. The highest BCUT2D eigenvalue weighted by Crippen LogP contribution is 2.23. The maximum Gasteiger partial charge on any atom is 0.344 e. The summed E-state index contributed by atoms with van der Waals surface area (Å²) < 4.78 is 6.87. The molecule has 8 nitrogen and oxygen atoms in total. The molecule has 0 spiro atoms. The molecule has 0 aliphatic heterocycles. The van der Waals surface area contributed by atoms with Crippen molar-refractivity contribution in [3.8, 4) is 0 Å². The molecule has 4 aromatic rings. The van der Waals surface area contributed by atoms with Crippen molar-refractivity contribution in [3.05, 3.63) is 84.3 Å². The van der Waals surface area contributed by atoms with Crippen molar-refractivity contribution in [2.24, 2.45) is 0 Å². The normalized spacial score (nSPS) is 10.9. The molecule has 0 saturated carbocycles. The summed E-state index contributed by atoms with van der Waals surface area (Å²) in [6.07, 6.45) is 3.28. The summed E-state index contributed by atoms with van der Waals surface area (Å²) in [4.78, 5) is 31.5. The summed E-state index contributed by atoms with van der Waals surface area (Å²) in [6.45, 7) is 5.15. The highest BCUT2D eigenvalue weighted by molar-refractivity contribution is 6.00. The summed E-state index contributed by atoms with van der Waals surface area (Å²) in [6, 6.07) is 19.0. The van der Waals surface area contributed by atoms with E-state index in [1.165, 1.54) is 4.52 Å². The van der Waals surface area contributed by atoms with E-state index >= 15 is 0 Å². The molecule has 0 saturated heterocycles. The van der Waals surface area contributed by atoms with Gasteiger partial charge in [-0.15, -0.1) is 0 Å². The maximum atomic E-state index is 13.0. The number of amides is 1. The predicted octanol–water partition coefficient (Wildman–Crippen LogP) is 4.38. The van der Waals surface area contributed by atoms with Crippen LogP contribution in [0.15, 0.2) is 73.1 Å². The highest BCUT2D eigenvalue weighted by atomic mass is 16.5. The van der Waals surface area contributed by atoms with Crippen molar-refractivity contribution in [2.75, 3.05) is 16.8 Å². The van der Waals surface area contributed by atoms with E-state index in [2.05, 4.69) is 15.4 Å². The third kappa shape index (κ3) is 4.85. The van der Waals surface area contributed by atoms with Crippen LogP contribution in [0.5, 0.6) is 0 Å². The first-order valence-electron chi connectivity index (χ1n) is 10.7. The average Bonchev–Trinajstić information content (AvgIpc) is 3.15. The Morgan fingerprint density at radius 1 is 1.03 bits per heavy atom. The standard InChI is InChI=1S/C25H25N5O3/c1-17(2)30(21-12-10-20(11-13-21)27-19-8-5-4-6-9-19)22(31)16-33-25(32)23-18(3)28-29-15-7-14-26-24(23)29/h4-15,17,27H,16H2,1-3H3. The lowest BCUT2D eigenvalue weighted by Crippen LogP contribution is -2.40. The number of para-hydroxylation sites is 1. The summed E-state index contributed by atoms with van der Waals surface area (Å²) in [5.41, 5.74) is 3.76. The van der Waals surface area contributed by atoms with Crippen LogP contribution in [-0.4, -0.2) is 39.1 Å². The van der Waals surface area contributed by atoms with Gasteiger partial charge in [0.05, 0.1) is 5.69 Å². The third-order valence-corrected chi connectivity index (χ3v) is 5.09. The molecule has 1 amide bonds. The number of aromatic nitrogens is 3. The van der Waals surface area contributed by atoms with E-state index in [9.17, 15) is 9.59 Å². The first kappa shape index (κ1) is 22.0. The van der Waals surface area contributed by atoms with Crippen molar-refractivity contribution in [1.29, 1.82) is 0 Å². The number of carbonyl (C=O) groups excluding carboxylic acids is 2. The van der Waals surface area contributed by atoms with Crippen molar-refractivity contribution < 1.29 is 14.3 Å². The van der Waals surface area contributed by atoms with Gasteiger partial charge in [-0.3, -0.25) is 4.79 Å². The van der Waals surface area contributed by atoms with E-state index in [0.29, 0.717) is 11.3 Å². The van der Waals surface area contributed by atoms with Gasteiger partial charge in [-0.25, -0.2) is 14.3 Å². The van der Waals surface area contributed by atoms with Crippen molar-refractivity contribution in [1.82, 2.24) is 14.6 Å². The molecule has 0 unspecified atom stereocenters. The summed E-state index contributed by atoms with van der Waals surface area (Å²) >= 11 is 0. The first-order chi connectivity index (χ1) is 15.9. The van der Waals surface area contributed by atoms with Gasteiger partial charge in [0.1, 0.15) is 5.56 Å². The van der Waals surface area contributed by atoms with Crippen molar-refractivity contribution >= 4 is 34.6 Å². The smallest absolute Gasteiger partial charge is 0.344 e. The van der Waals surface area contributed by atoms with Gasteiger partial charge < -0.3 is 15.0 Å². The second kappa shape index (κ2) is 9.52. The van der Waals surface area contributed by atoms with Crippen LogP contribution >= 0.6 is 0 Å². The van der Waals surface area contributed by atoms with Crippen LogP contribution in [0.2, 0.25) is 0 Å². The van der Waals surface area contributed by atoms with Crippen molar-refractivity contribution in [3.63, 3.8) is 0 Å². The van der Waals surface area contributed by atoms with Crippen LogP contribution in [0.3, 0.4) is 0 Å². The van der Waals surface area contributed by atoms with Gasteiger partial charge in [-0.05, 0) is 63.2 Å². The van der Waals surface area contributed by atoms with Gasteiger partial charge in [0.15, 0.2) is 12.3 Å². The van der Waals surface area contributed by atoms with E-state index in [1.54, 1.807) is 30.3 Å². The fourth-order valence-electron chi connectivity index (χ4n) is 3.63. The second-order valence-corrected chi connectivity index (χ2v) is 7.82. The highest BCUT2D eigenvalue weighted by Gasteiger charge is 2.24. The van der Waals surface area contributed by atoms with E-state index in [0.717, 1.165) is 17.1 Å². The van der Waals surface area contributed by atoms with E-state index in [4.69, 9.17) is 4.74 Å². The Kier molecular flexibility index (Phi) is 6.35. The zero-order valence-electron chi connectivity index (χ0n) is 18.7. The summed E-state index contributed by atoms with van der Waals surface area (Å²) in [5.74, 6) is -0.940. The number of esters is 1. The maximum absolute atomic E-state index is 13.0. The molecule has 0 aliphatic carbocycles. The van der Waals surface area contributed by atoms with E-state index in [1.807, 2.05) is 68.4 Å². The molecule has 2 aromatic carbocycles. The average molecular weight is 444 g/mol. The number of hydrogen-bond acceptors (Lipinski definition) is 6. The Morgan fingerprint density at radius 3 is 2.42 bits per heavy atom. The van der Waals surface area contributed by atoms with Crippen LogP contribution in [-0.2, 0) is 9.53 Å². The number of hydrogen-bond donors (Lipinski definition) is 1. The molecule has 1 N–H and O–H groups in total. The molecule has 33 heavy (non-hydrogen) atoms. The second-order valence-electron chi connectivity index (χ2n) is 7.82. The minimum absolute atomic E-state index is 0.121. The van der Waals surface area contributed by atoms with Gasteiger partial charge in [-0.1, -0.05) is 18.2 Å². The SMILES string of the molecule is Cc1nn2cccnc2c1C(=O)OCC(=O)N(c1ccc(Nc2ccccc2)cc1)C(C)C. The fourth-order valence-corrected chi connectivity index (χ4v) is 3.63. The molecule has 0 atom stereocenters. The van der Waals surface area contributed by atoms with Gasteiger partial charge in [0.25, 0.3) is 5.91 Å². The van der Waals surface area contributed by atoms with Crippen LogP contribution in [0.4, 0.5) is 17.1 Å². The Labute approximate surface area is 191 Å². The Hall–Kier alpha value is -4.20. The Bertz CT molecular complexity index is 1270. The number of aryl methyl sites for hydroxylation is 1. The lowest BCUT2D eigenvalue weighted by atomic mass is 10.2. The summed E-state index contributed by atoms with van der Waals surface area (Å²) in [5, 5.41) is 7.58. The lowest BCUT2D eigenvalue weighted by Gasteiger charge is -2.27. The van der Waals surface area contributed by atoms with Crippen LogP contribution in [0.25, 0.3) is 5.65 Å². The largest absolute Gasteiger partial charge is 0.452 e. The number of carbonyl (C=O) groups is 2. The van der Waals surface area contributed by atoms with Gasteiger partial charge >= 0.3 is 5.97 Å². The predicted molar refractivity (Wildman–Crippen MR) is 127 cm³/mol. The number of nitrogens with zero attached hydrogens (tertiary/aromatic N) is 4. The third-order valence-electron chi connectivity index (χ3n) is 5.09. The number of benzene rings is 2. The number of fused-ring (bicyclic) bond motifs is 1. The van der Waals surface area contributed by atoms with E-state index in [-0.39, 0.29) is 24.1 Å². The topological polar surface area (TPSA) is 88.8 Å². The molecular formula is C25H25N5O3. The van der Waals surface area contributed by atoms with Crippen molar-refractivity contribution in [2.45, 2.75) is 26.8 Å². The zero-order chi connectivity index (χ0) is 23.4. The summed E-state index contributed by atoms with van der Waals surface area (Å²) in [7, 11) is 0. The minimum Gasteiger partial charge on any atom is -0.452 e. The number of rotatable bonds is 7. The quantitative estimate of drug-likeness (QED) is 0.427. The van der Waals surface area contributed by atoms with Gasteiger partial charge in [0, 0.05) is 35.5 Å². The Morgan fingerprint density at radius 2 is 1.73 bits per heavy atom. The molecule has 2 aromatic heterocycles.